The molecule has 0 bridgehead atoms. The van der Waals surface area contributed by atoms with Crippen LogP contribution in [0.1, 0.15) is 12.3 Å². The quantitative estimate of drug-likeness (QED) is 0.778. The zero-order valence-corrected chi connectivity index (χ0v) is 13.2. The molecule has 1 atom stereocenters. The van der Waals surface area contributed by atoms with E-state index < -0.39 is 0 Å². The zero-order chi connectivity index (χ0) is 16.2. The van der Waals surface area contributed by atoms with Gasteiger partial charge >= 0.3 is 0 Å². The predicted octanol–water partition coefficient (Wildman–Crippen LogP) is 3.08. The van der Waals surface area contributed by atoms with Crippen molar-refractivity contribution in [1.29, 1.82) is 0 Å². The summed E-state index contributed by atoms with van der Waals surface area (Å²) in [5, 5.41) is 7.40. The van der Waals surface area contributed by atoms with Gasteiger partial charge in [0.15, 0.2) is 0 Å². The number of aromatic nitrogens is 3. The van der Waals surface area contributed by atoms with Gasteiger partial charge in [-0.2, -0.15) is 4.98 Å². The van der Waals surface area contributed by atoms with Crippen molar-refractivity contribution >= 4 is 0 Å². The molecule has 4 rings (SSSR count). The highest BCUT2D eigenvalue weighted by Gasteiger charge is 2.19. The van der Waals surface area contributed by atoms with Crippen molar-refractivity contribution in [3.63, 3.8) is 0 Å². The first kappa shape index (κ1) is 14.8. The van der Waals surface area contributed by atoms with Gasteiger partial charge in [0.05, 0.1) is 0 Å². The summed E-state index contributed by atoms with van der Waals surface area (Å²) in [6.07, 6.45) is 3.68. The van der Waals surface area contributed by atoms with Crippen LogP contribution in [-0.2, 0) is 6.42 Å². The lowest BCUT2D eigenvalue weighted by Gasteiger charge is -2.04. The third-order valence-electron chi connectivity index (χ3n) is 4.05. The highest BCUT2D eigenvalue weighted by Crippen LogP contribution is 2.22. The van der Waals surface area contributed by atoms with Crippen molar-refractivity contribution in [2.75, 3.05) is 13.1 Å². The Kier molecular flexibility index (Phi) is 4.20. The van der Waals surface area contributed by atoms with Gasteiger partial charge in [0, 0.05) is 24.2 Å². The first-order chi connectivity index (χ1) is 11.9. The third kappa shape index (κ3) is 3.44. The van der Waals surface area contributed by atoms with E-state index in [1.807, 2.05) is 36.4 Å². The Bertz CT molecular complexity index is 780. The van der Waals surface area contributed by atoms with E-state index in [1.54, 1.807) is 12.3 Å². The molecule has 0 spiro atoms. The van der Waals surface area contributed by atoms with Crippen LogP contribution >= 0.6 is 0 Å². The van der Waals surface area contributed by atoms with Gasteiger partial charge in [0.2, 0.25) is 17.6 Å². The highest BCUT2D eigenvalue weighted by atomic mass is 16.5. The van der Waals surface area contributed by atoms with Gasteiger partial charge in [0.1, 0.15) is 5.75 Å². The summed E-state index contributed by atoms with van der Waals surface area (Å²) in [5.41, 5.74) is 0.815. The summed E-state index contributed by atoms with van der Waals surface area (Å²) in [5.74, 6) is 3.12. The molecule has 1 saturated heterocycles. The Balaban J connectivity index is 1.43. The summed E-state index contributed by atoms with van der Waals surface area (Å²) in [4.78, 5) is 8.78. The maximum Gasteiger partial charge on any atom is 0.227 e. The smallest absolute Gasteiger partial charge is 0.227 e. The standard InChI is InChI=1S/C18H18N4O2/c1-2-4-15(5-3-1)23-16-7-6-14(12-20-16)18-21-17(24-22-18)10-13-8-9-19-11-13/h1-7,12-13,19H,8-11H2. The monoisotopic (exact) mass is 322 g/mol. The molecule has 0 radical (unpaired) electrons. The predicted molar refractivity (Wildman–Crippen MR) is 88.7 cm³/mol. The minimum atomic E-state index is 0.533. The van der Waals surface area contributed by atoms with Crippen LogP contribution in [0.5, 0.6) is 11.6 Å². The van der Waals surface area contributed by atoms with Crippen molar-refractivity contribution in [2.45, 2.75) is 12.8 Å². The van der Waals surface area contributed by atoms with Crippen molar-refractivity contribution in [1.82, 2.24) is 20.4 Å². The van der Waals surface area contributed by atoms with Crippen LogP contribution in [0.3, 0.4) is 0 Å². The van der Waals surface area contributed by atoms with E-state index in [9.17, 15) is 0 Å². The SMILES string of the molecule is c1ccc(Oc2ccc(-c3noc(CC4CCNC4)n3)cn2)cc1. The van der Waals surface area contributed by atoms with E-state index in [-0.39, 0.29) is 0 Å². The summed E-state index contributed by atoms with van der Waals surface area (Å²) in [6.45, 7) is 2.09. The van der Waals surface area contributed by atoms with Crippen LogP contribution in [0.4, 0.5) is 0 Å². The number of hydrogen-bond acceptors (Lipinski definition) is 6. The van der Waals surface area contributed by atoms with Crippen molar-refractivity contribution in [3.05, 3.63) is 54.6 Å². The fourth-order valence-electron chi connectivity index (χ4n) is 2.77. The molecule has 3 aromatic rings. The summed E-state index contributed by atoms with van der Waals surface area (Å²) in [6, 6.07) is 13.3. The zero-order valence-electron chi connectivity index (χ0n) is 13.2. The molecule has 3 heterocycles. The number of pyridine rings is 1. The molecule has 1 aliphatic heterocycles. The van der Waals surface area contributed by atoms with Gasteiger partial charge in [-0.3, -0.25) is 0 Å². The topological polar surface area (TPSA) is 73.1 Å². The molecule has 1 aliphatic rings. The number of nitrogens with one attached hydrogen (secondary N) is 1. The molecule has 1 aromatic carbocycles. The lowest BCUT2D eigenvalue weighted by atomic mass is 10.1. The van der Waals surface area contributed by atoms with E-state index in [0.717, 1.165) is 37.2 Å². The van der Waals surface area contributed by atoms with Gasteiger partial charge in [-0.1, -0.05) is 23.4 Å². The second-order valence-electron chi connectivity index (χ2n) is 5.87. The number of ether oxygens (including phenoxy) is 1. The summed E-state index contributed by atoms with van der Waals surface area (Å²) in [7, 11) is 0. The molecule has 0 amide bonds. The first-order valence-corrected chi connectivity index (χ1v) is 8.09. The maximum absolute atomic E-state index is 5.68. The minimum Gasteiger partial charge on any atom is -0.439 e. The summed E-state index contributed by atoms with van der Waals surface area (Å²) < 4.78 is 11.0. The molecule has 1 fully saturated rings. The lowest BCUT2D eigenvalue weighted by molar-refractivity contribution is 0.358. The van der Waals surface area contributed by atoms with E-state index in [1.165, 1.54) is 0 Å². The number of para-hydroxylation sites is 1. The second kappa shape index (κ2) is 6.80. The highest BCUT2D eigenvalue weighted by molar-refractivity contribution is 5.53. The molecule has 122 valence electrons. The normalized spacial score (nSPS) is 17.1. The van der Waals surface area contributed by atoms with Crippen molar-refractivity contribution in [3.8, 4) is 23.0 Å². The van der Waals surface area contributed by atoms with E-state index in [0.29, 0.717) is 23.5 Å². The van der Waals surface area contributed by atoms with Crippen molar-refractivity contribution in [2.24, 2.45) is 5.92 Å². The number of benzene rings is 1. The molecule has 0 saturated carbocycles. The van der Waals surface area contributed by atoms with Gasteiger partial charge < -0.3 is 14.6 Å². The van der Waals surface area contributed by atoms with Gasteiger partial charge in [-0.05, 0) is 43.6 Å². The Morgan fingerprint density at radius 2 is 2.08 bits per heavy atom. The van der Waals surface area contributed by atoms with Gasteiger partial charge in [-0.25, -0.2) is 4.98 Å². The largest absolute Gasteiger partial charge is 0.439 e. The Labute approximate surface area is 139 Å². The Morgan fingerprint density at radius 3 is 2.83 bits per heavy atom. The Morgan fingerprint density at radius 1 is 1.17 bits per heavy atom. The van der Waals surface area contributed by atoms with Crippen LogP contribution < -0.4 is 10.1 Å². The molecule has 6 nitrogen and oxygen atoms in total. The van der Waals surface area contributed by atoms with E-state index >= 15 is 0 Å². The molecule has 1 unspecified atom stereocenters. The van der Waals surface area contributed by atoms with Crippen LogP contribution in [-0.4, -0.2) is 28.2 Å². The van der Waals surface area contributed by atoms with Crippen LogP contribution in [0.15, 0.2) is 53.2 Å². The molecule has 24 heavy (non-hydrogen) atoms. The average Bonchev–Trinajstić information content (AvgIpc) is 3.29. The van der Waals surface area contributed by atoms with E-state index in [4.69, 9.17) is 9.26 Å². The fraction of sp³-hybridized carbons (Fsp3) is 0.278. The van der Waals surface area contributed by atoms with Gasteiger partial charge in [0.25, 0.3) is 0 Å². The molecular weight excluding hydrogens is 304 g/mol. The molecule has 2 aromatic heterocycles. The molecule has 6 heteroatoms. The second-order valence-corrected chi connectivity index (χ2v) is 5.87. The number of nitrogens with zero attached hydrogens (tertiary/aromatic N) is 3. The Hall–Kier alpha value is -2.73. The maximum atomic E-state index is 5.68. The molecular formula is C18H18N4O2. The number of rotatable bonds is 5. The van der Waals surface area contributed by atoms with Crippen LogP contribution in [0, 0.1) is 5.92 Å². The minimum absolute atomic E-state index is 0.533. The first-order valence-electron chi connectivity index (χ1n) is 8.09. The fourth-order valence-corrected chi connectivity index (χ4v) is 2.77. The van der Waals surface area contributed by atoms with E-state index in [2.05, 4.69) is 20.4 Å². The lowest BCUT2D eigenvalue weighted by Crippen LogP contribution is -2.10. The third-order valence-corrected chi connectivity index (χ3v) is 4.05. The average molecular weight is 322 g/mol. The molecule has 1 N–H and O–H groups in total. The summed E-state index contributed by atoms with van der Waals surface area (Å²) >= 11 is 0. The van der Waals surface area contributed by atoms with Gasteiger partial charge in [-0.15, -0.1) is 0 Å². The van der Waals surface area contributed by atoms with Crippen LogP contribution in [0.2, 0.25) is 0 Å². The van der Waals surface area contributed by atoms with Crippen LogP contribution in [0.25, 0.3) is 11.4 Å². The molecule has 0 aliphatic carbocycles. The van der Waals surface area contributed by atoms with Crippen molar-refractivity contribution < 1.29 is 9.26 Å². The number of hydrogen-bond donors (Lipinski definition) is 1.